The molecule has 1 aromatic heterocycles. The number of anilines is 1. The number of hydrogen-bond donors (Lipinski definition) is 1. The molecule has 2 aromatic carbocycles. The van der Waals surface area contributed by atoms with E-state index in [4.69, 9.17) is 0 Å². The largest absolute Gasteiger partial charge is 0.335 e. The van der Waals surface area contributed by atoms with Crippen LogP contribution in [0.1, 0.15) is 40.6 Å². The van der Waals surface area contributed by atoms with E-state index in [2.05, 4.69) is 35.9 Å². The topological polar surface area (TPSA) is 71.4 Å². The summed E-state index contributed by atoms with van der Waals surface area (Å²) in [6.07, 6.45) is 2.42. The van der Waals surface area contributed by atoms with E-state index in [1.807, 2.05) is 45.0 Å². The Hall–Kier alpha value is -3.93. The summed E-state index contributed by atoms with van der Waals surface area (Å²) in [4.78, 5) is 39.4. The molecule has 4 rings (SSSR count). The van der Waals surface area contributed by atoms with Gasteiger partial charge < -0.3 is 4.57 Å². The number of urea groups is 1. The fourth-order valence-corrected chi connectivity index (χ4v) is 4.21. The molecule has 1 aliphatic heterocycles. The lowest BCUT2D eigenvalue weighted by Crippen LogP contribution is -2.54. The van der Waals surface area contributed by atoms with Crippen LogP contribution in [0.5, 0.6) is 0 Å². The van der Waals surface area contributed by atoms with Crippen molar-refractivity contribution in [2.24, 2.45) is 0 Å². The number of rotatable bonds is 4. The molecule has 0 unspecified atom stereocenters. The summed E-state index contributed by atoms with van der Waals surface area (Å²) in [7, 11) is 0. The second-order valence-electron chi connectivity index (χ2n) is 8.36. The van der Waals surface area contributed by atoms with Gasteiger partial charge in [-0.2, -0.15) is 0 Å². The molecule has 0 spiro atoms. The molecule has 0 aliphatic carbocycles. The highest BCUT2D eigenvalue weighted by molar-refractivity contribution is 6.39. The third kappa shape index (κ3) is 3.89. The lowest BCUT2D eigenvalue weighted by atomic mass is 10.1. The molecule has 33 heavy (non-hydrogen) atoms. The molecule has 168 valence electrons. The molecule has 0 bridgehead atoms. The molecule has 1 fully saturated rings. The molecule has 6 nitrogen and oxygen atoms in total. The van der Waals surface area contributed by atoms with E-state index >= 15 is 0 Å². The van der Waals surface area contributed by atoms with Crippen LogP contribution in [-0.2, 0) is 16.0 Å². The highest BCUT2D eigenvalue weighted by atomic mass is 16.2. The number of carbonyl (C=O) groups is 3. The van der Waals surface area contributed by atoms with Gasteiger partial charge in [-0.25, -0.2) is 9.69 Å². The first-order valence-corrected chi connectivity index (χ1v) is 11.0. The number of amides is 4. The van der Waals surface area contributed by atoms with Crippen LogP contribution < -0.4 is 10.2 Å². The summed E-state index contributed by atoms with van der Waals surface area (Å²) in [5.74, 6) is -1.33. The number of hydrogen-bond acceptors (Lipinski definition) is 3. The summed E-state index contributed by atoms with van der Waals surface area (Å²) in [5, 5.41) is 2.30. The third-order valence-corrected chi connectivity index (χ3v) is 6.29. The van der Waals surface area contributed by atoms with Gasteiger partial charge in [0.25, 0.3) is 11.8 Å². The van der Waals surface area contributed by atoms with E-state index in [1.54, 1.807) is 18.2 Å². The van der Waals surface area contributed by atoms with Crippen molar-refractivity contribution in [1.29, 1.82) is 0 Å². The van der Waals surface area contributed by atoms with Crippen LogP contribution in [0.4, 0.5) is 10.5 Å². The molecule has 3 aromatic rings. The Balaban J connectivity index is 1.76. The first kappa shape index (κ1) is 22.3. The van der Waals surface area contributed by atoms with Crippen LogP contribution in [0.2, 0.25) is 0 Å². The van der Waals surface area contributed by atoms with Gasteiger partial charge in [0, 0.05) is 17.1 Å². The van der Waals surface area contributed by atoms with Crippen molar-refractivity contribution in [3.8, 4) is 5.69 Å². The van der Waals surface area contributed by atoms with Gasteiger partial charge in [-0.3, -0.25) is 14.9 Å². The van der Waals surface area contributed by atoms with Crippen molar-refractivity contribution in [2.45, 2.75) is 41.0 Å². The summed E-state index contributed by atoms with van der Waals surface area (Å²) >= 11 is 0. The van der Waals surface area contributed by atoms with Gasteiger partial charge in [0.15, 0.2) is 0 Å². The average molecular weight is 442 g/mol. The smallest absolute Gasteiger partial charge is 0.318 e. The molecule has 1 aliphatic rings. The van der Waals surface area contributed by atoms with Crippen LogP contribution >= 0.6 is 0 Å². The summed E-state index contributed by atoms with van der Waals surface area (Å²) in [5.41, 5.74) is 7.50. The highest BCUT2D eigenvalue weighted by Crippen LogP contribution is 2.28. The summed E-state index contributed by atoms with van der Waals surface area (Å²) in [6, 6.07) is 14.5. The van der Waals surface area contributed by atoms with Gasteiger partial charge in [0.05, 0.1) is 5.69 Å². The maximum Gasteiger partial charge on any atom is 0.335 e. The Morgan fingerprint density at radius 2 is 1.64 bits per heavy atom. The van der Waals surface area contributed by atoms with Gasteiger partial charge in [-0.05, 0) is 86.7 Å². The van der Waals surface area contributed by atoms with Crippen molar-refractivity contribution in [2.75, 3.05) is 4.90 Å². The van der Waals surface area contributed by atoms with Crippen molar-refractivity contribution >= 4 is 29.6 Å². The maximum absolute atomic E-state index is 13.2. The van der Waals surface area contributed by atoms with Crippen LogP contribution in [0.3, 0.4) is 0 Å². The molecule has 6 heteroatoms. The normalized spacial score (nSPS) is 15.4. The van der Waals surface area contributed by atoms with E-state index in [9.17, 15) is 14.4 Å². The zero-order valence-electron chi connectivity index (χ0n) is 19.5. The zero-order valence-corrected chi connectivity index (χ0v) is 19.5. The third-order valence-electron chi connectivity index (χ3n) is 6.29. The fourth-order valence-electron chi connectivity index (χ4n) is 4.21. The van der Waals surface area contributed by atoms with Gasteiger partial charge in [-0.15, -0.1) is 0 Å². The minimum absolute atomic E-state index is 0.0737. The van der Waals surface area contributed by atoms with Crippen LogP contribution in [0.25, 0.3) is 11.8 Å². The molecule has 0 radical (unpaired) electrons. The van der Waals surface area contributed by atoms with E-state index in [0.717, 1.165) is 45.1 Å². The number of benzene rings is 2. The molecular weight excluding hydrogens is 414 g/mol. The Bertz CT molecular complexity index is 1310. The molecular formula is C27H27N3O3. The second kappa shape index (κ2) is 8.54. The predicted molar refractivity (Wildman–Crippen MR) is 130 cm³/mol. The Labute approximate surface area is 193 Å². The minimum atomic E-state index is -0.743. The van der Waals surface area contributed by atoms with Crippen LogP contribution in [-0.4, -0.2) is 22.4 Å². The first-order chi connectivity index (χ1) is 15.7. The van der Waals surface area contributed by atoms with Crippen molar-refractivity contribution in [3.05, 3.63) is 87.7 Å². The second-order valence-corrected chi connectivity index (χ2v) is 8.36. The van der Waals surface area contributed by atoms with Crippen LogP contribution in [0.15, 0.2) is 54.1 Å². The number of carbonyl (C=O) groups excluding carboxylic acids is 3. The number of aryl methyl sites for hydroxylation is 3. The molecule has 2 heterocycles. The minimum Gasteiger partial charge on any atom is -0.318 e. The van der Waals surface area contributed by atoms with E-state index in [-0.39, 0.29) is 5.57 Å². The number of nitrogens with zero attached hydrogens (tertiary/aromatic N) is 2. The molecule has 0 saturated carbocycles. The number of imide groups is 2. The van der Waals surface area contributed by atoms with Crippen molar-refractivity contribution < 1.29 is 14.4 Å². The molecule has 1 saturated heterocycles. The van der Waals surface area contributed by atoms with Gasteiger partial charge in [-0.1, -0.05) is 31.2 Å². The SMILES string of the molecule is CCc1ccc(N2C(=O)NC(=O)/C(=C/c3cc(C)n(-c4cccc(C)c4C)c3C)C2=O)cc1. The Morgan fingerprint density at radius 3 is 2.30 bits per heavy atom. The average Bonchev–Trinajstić information content (AvgIpc) is 3.06. The molecule has 1 N–H and O–H groups in total. The van der Waals surface area contributed by atoms with Crippen LogP contribution in [0, 0.1) is 27.7 Å². The van der Waals surface area contributed by atoms with Crippen molar-refractivity contribution in [1.82, 2.24) is 9.88 Å². The highest BCUT2D eigenvalue weighted by Gasteiger charge is 2.37. The van der Waals surface area contributed by atoms with E-state index < -0.39 is 17.8 Å². The Kier molecular flexibility index (Phi) is 5.77. The predicted octanol–water partition coefficient (Wildman–Crippen LogP) is 4.94. The van der Waals surface area contributed by atoms with E-state index in [1.165, 1.54) is 5.56 Å². The fraction of sp³-hybridized carbons (Fsp3) is 0.222. The van der Waals surface area contributed by atoms with Crippen molar-refractivity contribution in [3.63, 3.8) is 0 Å². The van der Waals surface area contributed by atoms with Gasteiger partial charge in [0.2, 0.25) is 0 Å². The Morgan fingerprint density at radius 1 is 0.939 bits per heavy atom. The lowest BCUT2D eigenvalue weighted by Gasteiger charge is -2.26. The van der Waals surface area contributed by atoms with E-state index in [0.29, 0.717) is 5.69 Å². The number of nitrogens with one attached hydrogen (secondary N) is 1. The quantitative estimate of drug-likeness (QED) is 0.460. The molecule has 0 atom stereocenters. The standard InChI is InChI=1S/C27H27N3O3/c1-6-20-10-12-22(13-11-20)30-26(32)23(25(31)28-27(30)33)15-21-14-17(3)29(19(21)5)24-9-7-8-16(2)18(24)4/h7-15H,6H2,1-5H3,(H,28,31,33)/b23-15-. The monoisotopic (exact) mass is 441 g/mol. The summed E-state index contributed by atoms with van der Waals surface area (Å²) in [6.45, 7) is 10.1. The van der Waals surface area contributed by atoms with Gasteiger partial charge >= 0.3 is 6.03 Å². The number of aromatic nitrogens is 1. The first-order valence-electron chi connectivity index (χ1n) is 11.0. The molecule has 4 amide bonds. The number of barbiturate groups is 1. The van der Waals surface area contributed by atoms with Gasteiger partial charge in [0.1, 0.15) is 5.57 Å². The maximum atomic E-state index is 13.2. The zero-order chi connectivity index (χ0) is 23.9. The lowest BCUT2D eigenvalue weighted by molar-refractivity contribution is -0.122. The summed E-state index contributed by atoms with van der Waals surface area (Å²) < 4.78 is 2.12.